The van der Waals surface area contributed by atoms with E-state index in [9.17, 15) is 4.79 Å². The van der Waals surface area contributed by atoms with Crippen molar-refractivity contribution in [2.45, 2.75) is 0 Å². The topological polar surface area (TPSA) is 70.1 Å². The van der Waals surface area contributed by atoms with E-state index in [2.05, 4.69) is 27.4 Å². The van der Waals surface area contributed by atoms with E-state index in [1.165, 1.54) is 6.20 Å². The minimum Gasteiger partial charge on any atom is -0.276 e. The maximum absolute atomic E-state index is 10.8. The van der Waals surface area contributed by atoms with E-state index in [1.54, 1.807) is 0 Å². The van der Waals surface area contributed by atoms with Crippen LogP contribution >= 0.6 is 11.6 Å². The molecule has 2 N–H and O–H groups in total. The molecule has 0 fully saturated rings. The van der Waals surface area contributed by atoms with Crippen LogP contribution in [0.2, 0.25) is 5.02 Å². The standard InChI is InChI=1S/C5H5ClN4O/c1-7-9-3-2-8-10-5(11)4(3)6/h2H,1H2,(H2,9,10,11). The van der Waals surface area contributed by atoms with E-state index in [-0.39, 0.29) is 5.02 Å². The van der Waals surface area contributed by atoms with Gasteiger partial charge in [0, 0.05) is 6.72 Å². The Bertz CT molecular complexity index is 321. The number of hydrogen-bond acceptors (Lipinski definition) is 4. The Morgan fingerprint density at radius 1 is 1.82 bits per heavy atom. The molecule has 6 heteroatoms. The summed E-state index contributed by atoms with van der Waals surface area (Å²) in [7, 11) is 0. The lowest BCUT2D eigenvalue weighted by Gasteiger charge is -1.98. The molecule has 0 spiro atoms. The van der Waals surface area contributed by atoms with Crippen LogP contribution in [-0.4, -0.2) is 16.9 Å². The van der Waals surface area contributed by atoms with Crippen LogP contribution in [0, 0.1) is 0 Å². The summed E-state index contributed by atoms with van der Waals surface area (Å²) in [4.78, 5) is 10.8. The minimum atomic E-state index is -0.458. The van der Waals surface area contributed by atoms with E-state index in [1.807, 2.05) is 0 Å². The van der Waals surface area contributed by atoms with E-state index in [4.69, 9.17) is 11.6 Å². The maximum Gasteiger partial charge on any atom is 0.285 e. The van der Waals surface area contributed by atoms with Gasteiger partial charge in [-0.2, -0.15) is 10.2 Å². The van der Waals surface area contributed by atoms with Crippen LogP contribution in [0.15, 0.2) is 16.1 Å². The van der Waals surface area contributed by atoms with Crippen molar-refractivity contribution in [3.05, 3.63) is 21.6 Å². The Morgan fingerprint density at radius 3 is 3.18 bits per heavy atom. The van der Waals surface area contributed by atoms with Crippen LogP contribution in [0.4, 0.5) is 5.69 Å². The second-order valence-electron chi connectivity index (χ2n) is 1.70. The van der Waals surface area contributed by atoms with Crippen molar-refractivity contribution < 1.29 is 0 Å². The molecule has 11 heavy (non-hydrogen) atoms. The number of H-pyrrole nitrogens is 1. The minimum absolute atomic E-state index is 0.0207. The molecule has 0 aromatic carbocycles. The zero-order valence-electron chi connectivity index (χ0n) is 5.47. The third-order valence-electron chi connectivity index (χ3n) is 0.995. The number of aromatic nitrogens is 2. The molecule has 1 aromatic rings. The summed E-state index contributed by atoms with van der Waals surface area (Å²) in [6, 6.07) is 0. The average Bonchev–Trinajstić information content (AvgIpc) is 1.99. The van der Waals surface area contributed by atoms with Crippen molar-refractivity contribution in [1.29, 1.82) is 0 Å². The second kappa shape index (κ2) is 3.16. The van der Waals surface area contributed by atoms with Crippen LogP contribution in [0.5, 0.6) is 0 Å². The van der Waals surface area contributed by atoms with Gasteiger partial charge in [-0.25, -0.2) is 5.10 Å². The summed E-state index contributed by atoms with van der Waals surface area (Å²) in [6.07, 6.45) is 1.35. The smallest absolute Gasteiger partial charge is 0.276 e. The average molecular weight is 173 g/mol. The second-order valence-corrected chi connectivity index (χ2v) is 2.07. The quantitative estimate of drug-likeness (QED) is 0.503. The van der Waals surface area contributed by atoms with Gasteiger partial charge in [0.1, 0.15) is 10.7 Å². The molecule has 58 valence electrons. The molecule has 1 aromatic heterocycles. The van der Waals surface area contributed by atoms with Crippen LogP contribution in [-0.2, 0) is 0 Å². The summed E-state index contributed by atoms with van der Waals surface area (Å²) in [5.74, 6) is 0. The first-order valence-corrected chi connectivity index (χ1v) is 3.08. The van der Waals surface area contributed by atoms with Crippen LogP contribution in [0.1, 0.15) is 0 Å². The van der Waals surface area contributed by atoms with Gasteiger partial charge in [-0.1, -0.05) is 11.6 Å². The van der Waals surface area contributed by atoms with Gasteiger partial charge in [-0.3, -0.25) is 10.2 Å². The monoisotopic (exact) mass is 172 g/mol. The van der Waals surface area contributed by atoms with Crippen LogP contribution < -0.4 is 11.0 Å². The molecule has 0 aliphatic heterocycles. The molecule has 0 amide bonds. The van der Waals surface area contributed by atoms with Crippen molar-refractivity contribution in [3.63, 3.8) is 0 Å². The number of nitrogens with zero attached hydrogens (tertiary/aromatic N) is 2. The summed E-state index contributed by atoms with van der Waals surface area (Å²) >= 11 is 5.54. The molecular weight excluding hydrogens is 168 g/mol. The van der Waals surface area contributed by atoms with E-state index in [0.717, 1.165) is 0 Å². The van der Waals surface area contributed by atoms with Gasteiger partial charge in [0.25, 0.3) is 5.56 Å². The Labute approximate surface area is 67.1 Å². The molecule has 0 aliphatic carbocycles. The number of anilines is 1. The van der Waals surface area contributed by atoms with Gasteiger partial charge in [0.15, 0.2) is 0 Å². The van der Waals surface area contributed by atoms with E-state index < -0.39 is 5.56 Å². The van der Waals surface area contributed by atoms with Crippen molar-refractivity contribution in [1.82, 2.24) is 10.2 Å². The zero-order chi connectivity index (χ0) is 8.27. The first-order valence-electron chi connectivity index (χ1n) is 2.70. The van der Waals surface area contributed by atoms with Crippen molar-refractivity contribution >= 4 is 24.0 Å². The number of aromatic amines is 1. The fourth-order valence-electron chi connectivity index (χ4n) is 0.547. The highest BCUT2D eigenvalue weighted by Crippen LogP contribution is 2.13. The van der Waals surface area contributed by atoms with Gasteiger partial charge >= 0.3 is 0 Å². The Balaban J connectivity index is 3.16. The third-order valence-corrected chi connectivity index (χ3v) is 1.37. The molecule has 0 atom stereocenters. The zero-order valence-corrected chi connectivity index (χ0v) is 6.22. The number of hydrazone groups is 1. The van der Waals surface area contributed by atoms with E-state index >= 15 is 0 Å². The lowest BCUT2D eigenvalue weighted by Crippen LogP contribution is -2.09. The Kier molecular flexibility index (Phi) is 2.22. The molecule has 0 aliphatic rings. The van der Waals surface area contributed by atoms with Crippen molar-refractivity contribution in [3.8, 4) is 0 Å². The van der Waals surface area contributed by atoms with Crippen LogP contribution in [0.3, 0.4) is 0 Å². The van der Waals surface area contributed by atoms with Gasteiger partial charge in [-0.05, 0) is 0 Å². The van der Waals surface area contributed by atoms with Crippen molar-refractivity contribution in [2.24, 2.45) is 5.10 Å². The summed E-state index contributed by atoms with van der Waals surface area (Å²) < 4.78 is 0. The molecular formula is C5H5ClN4O. The predicted octanol–water partition coefficient (Wildman–Crippen LogP) is 0.451. The molecule has 1 rings (SSSR count). The highest BCUT2D eigenvalue weighted by molar-refractivity contribution is 6.32. The fraction of sp³-hybridized carbons (Fsp3) is 0. The summed E-state index contributed by atoms with van der Waals surface area (Å²) in [5.41, 5.74) is 2.30. The Morgan fingerprint density at radius 2 is 2.55 bits per heavy atom. The molecule has 0 saturated heterocycles. The largest absolute Gasteiger partial charge is 0.285 e. The number of nitrogens with one attached hydrogen (secondary N) is 2. The summed E-state index contributed by atoms with van der Waals surface area (Å²) in [6.45, 7) is 3.17. The first-order chi connectivity index (χ1) is 5.25. The number of hydrogen-bond donors (Lipinski definition) is 2. The van der Waals surface area contributed by atoms with Crippen molar-refractivity contribution in [2.75, 3.05) is 5.43 Å². The third kappa shape index (κ3) is 1.56. The van der Waals surface area contributed by atoms with Gasteiger partial charge < -0.3 is 0 Å². The van der Waals surface area contributed by atoms with Gasteiger partial charge in [0.05, 0.1) is 6.20 Å². The number of rotatable bonds is 2. The molecule has 0 unspecified atom stereocenters. The maximum atomic E-state index is 10.8. The van der Waals surface area contributed by atoms with E-state index in [0.29, 0.717) is 5.69 Å². The van der Waals surface area contributed by atoms with Crippen LogP contribution in [0.25, 0.3) is 0 Å². The van der Waals surface area contributed by atoms with Gasteiger partial charge in [-0.15, -0.1) is 0 Å². The fourth-order valence-corrected chi connectivity index (χ4v) is 0.680. The SMILES string of the molecule is C=NNc1cn[nH]c(=O)c1Cl. The first kappa shape index (κ1) is 7.74. The lowest BCUT2D eigenvalue weighted by molar-refractivity contribution is 0.987. The molecule has 5 nitrogen and oxygen atoms in total. The molecule has 0 bridgehead atoms. The Hall–Kier alpha value is -1.36. The summed E-state index contributed by atoms with van der Waals surface area (Å²) in [5, 5.41) is 9.00. The molecule has 0 saturated carbocycles. The normalized spacial score (nSPS) is 9.18. The highest BCUT2D eigenvalue weighted by atomic mass is 35.5. The lowest BCUT2D eigenvalue weighted by atomic mass is 10.5. The van der Waals surface area contributed by atoms with Gasteiger partial charge in [0.2, 0.25) is 0 Å². The predicted molar refractivity (Wildman–Crippen MR) is 43.0 cm³/mol. The highest BCUT2D eigenvalue weighted by Gasteiger charge is 2.01. The number of halogens is 1. The molecule has 1 heterocycles. The molecule has 0 radical (unpaired) electrons.